The lowest BCUT2D eigenvalue weighted by Crippen LogP contribution is -2.36. The lowest BCUT2D eigenvalue weighted by Gasteiger charge is -2.26. The molecule has 11 heteroatoms. The minimum Gasteiger partial charge on any atom is -0.489 e. The Hall–Kier alpha value is -2.95. The number of halogens is 5. The zero-order valence-corrected chi connectivity index (χ0v) is 17.9. The minimum atomic E-state index is -4.46. The van der Waals surface area contributed by atoms with Crippen LogP contribution in [0.15, 0.2) is 42.6 Å². The van der Waals surface area contributed by atoms with Crippen molar-refractivity contribution in [2.45, 2.75) is 44.2 Å². The van der Waals surface area contributed by atoms with Gasteiger partial charge in [-0.2, -0.15) is 22.0 Å². The van der Waals surface area contributed by atoms with Crippen LogP contribution in [-0.4, -0.2) is 49.5 Å². The summed E-state index contributed by atoms with van der Waals surface area (Å²) in [5, 5.41) is 0. The normalized spacial score (nSPS) is 18.9. The fourth-order valence-corrected chi connectivity index (χ4v) is 3.43. The van der Waals surface area contributed by atoms with Crippen molar-refractivity contribution in [3.63, 3.8) is 0 Å². The summed E-state index contributed by atoms with van der Waals surface area (Å²) in [6.07, 6.45) is -7.16. The Morgan fingerprint density at radius 3 is 2.36 bits per heavy atom. The molecule has 0 spiro atoms. The van der Waals surface area contributed by atoms with Gasteiger partial charge < -0.3 is 19.1 Å². The second-order valence-electron chi connectivity index (χ2n) is 7.50. The zero-order valence-electron chi connectivity index (χ0n) is 17.9. The molecule has 1 aromatic heterocycles. The highest BCUT2D eigenvalue weighted by atomic mass is 19.4. The Morgan fingerprint density at radius 1 is 1.12 bits per heavy atom. The second-order valence-corrected chi connectivity index (χ2v) is 7.50. The fourth-order valence-electron chi connectivity index (χ4n) is 3.43. The van der Waals surface area contributed by atoms with Gasteiger partial charge in [0.15, 0.2) is 0 Å². The summed E-state index contributed by atoms with van der Waals surface area (Å²) >= 11 is 0. The molecule has 1 saturated heterocycles. The number of hydrogen-bond acceptors (Lipinski definition) is 6. The highest BCUT2D eigenvalue weighted by Gasteiger charge is 2.38. The average molecular weight is 474 g/mol. The van der Waals surface area contributed by atoms with Crippen molar-refractivity contribution in [2.24, 2.45) is 0 Å². The molecule has 0 aliphatic carbocycles. The molecule has 0 radical (unpaired) electrons. The van der Waals surface area contributed by atoms with Crippen molar-refractivity contribution in [1.82, 2.24) is 4.98 Å². The van der Waals surface area contributed by atoms with Gasteiger partial charge in [0.2, 0.25) is 0 Å². The molecule has 1 aliphatic rings. The molecule has 2 aromatic rings. The maximum Gasteiger partial charge on any atom is 0.416 e. The largest absolute Gasteiger partial charge is 0.489 e. The van der Waals surface area contributed by atoms with Crippen LogP contribution in [0.4, 0.5) is 27.8 Å². The molecule has 3 rings (SSSR count). The molecule has 0 saturated carbocycles. The van der Waals surface area contributed by atoms with E-state index in [0.29, 0.717) is 5.82 Å². The van der Waals surface area contributed by atoms with Crippen LogP contribution in [0.1, 0.15) is 35.7 Å². The van der Waals surface area contributed by atoms with Crippen molar-refractivity contribution < 1.29 is 41.0 Å². The highest BCUT2D eigenvalue weighted by Crippen LogP contribution is 2.32. The molecule has 1 aliphatic heterocycles. The fraction of sp³-hybridized carbons (Fsp3) is 0.455. The number of esters is 1. The smallest absolute Gasteiger partial charge is 0.416 e. The molecule has 6 nitrogen and oxygen atoms in total. The summed E-state index contributed by atoms with van der Waals surface area (Å²) in [6.45, 7) is 1.22. The van der Waals surface area contributed by atoms with Crippen molar-refractivity contribution in [1.29, 1.82) is 0 Å². The zero-order chi connectivity index (χ0) is 24.2. The van der Waals surface area contributed by atoms with Gasteiger partial charge in [0.25, 0.3) is 0 Å². The summed E-state index contributed by atoms with van der Waals surface area (Å²) in [5.41, 5.74) is -0.575. The molecule has 180 valence electrons. The van der Waals surface area contributed by atoms with Crippen LogP contribution in [0.3, 0.4) is 0 Å². The Balaban J connectivity index is 1.75. The Bertz CT molecular complexity index is 935. The van der Waals surface area contributed by atoms with E-state index in [-0.39, 0.29) is 30.9 Å². The molecule has 1 aromatic carbocycles. The van der Waals surface area contributed by atoms with Gasteiger partial charge in [0, 0.05) is 19.0 Å². The number of nitrogens with zero attached hydrogens (tertiary/aromatic N) is 2. The number of methoxy groups -OCH3 is 1. The lowest BCUT2D eigenvalue weighted by atomic mass is 10.2. The van der Waals surface area contributed by atoms with Crippen LogP contribution in [-0.2, 0) is 15.7 Å². The molecule has 0 unspecified atom stereocenters. The molecule has 2 heterocycles. The number of carbonyl (C=O) groups is 1. The maximum atomic E-state index is 13.7. The topological polar surface area (TPSA) is 60.9 Å². The summed E-state index contributed by atoms with van der Waals surface area (Å²) in [7, 11) is 1.24. The number of aromatic nitrogens is 1. The molecular weight excluding hydrogens is 451 g/mol. The van der Waals surface area contributed by atoms with Crippen LogP contribution < -0.4 is 9.64 Å². The predicted molar refractivity (Wildman–Crippen MR) is 108 cm³/mol. The van der Waals surface area contributed by atoms with E-state index in [1.807, 2.05) is 0 Å². The van der Waals surface area contributed by atoms with Gasteiger partial charge in [0.05, 0.1) is 37.4 Å². The first-order chi connectivity index (χ1) is 15.5. The first kappa shape index (κ1) is 24.7. The van der Waals surface area contributed by atoms with Gasteiger partial charge in [-0.25, -0.2) is 9.78 Å². The highest BCUT2D eigenvalue weighted by molar-refractivity contribution is 5.89. The van der Waals surface area contributed by atoms with E-state index >= 15 is 0 Å². The van der Waals surface area contributed by atoms with E-state index in [1.165, 1.54) is 38.4 Å². The summed E-state index contributed by atoms with van der Waals surface area (Å²) < 4.78 is 80.9. The molecular formula is C22H23F5N2O4. The van der Waals surface area contributed by atoms with Crippen LogP contribution >= 0.6 is 0 Å². The molecule has 1 fully saturated rings. The van der Waals surface area contributed by atoms with E-state index in [4.69, 9.17) is 9.47 Å². The van der Waals surface area contributed by atoms with E-state index in [0.717, 1.165) is 12.1 Å². The number of anilines is 1. The summed E-state index contributed by atoms with van der Waals surface area (Å²) in [4.78, 5) is 17.6. The first-order valence-electron chi connectivity index (χ1n) is 10.2. The second kappa shape index (κ2) is 9.90. The van der Waals surface area contributed by atoms with Gasteiger partial charge in [-0.3, -0.25) is 0 Å². The van der Waals surface area contributed by atoms with E-state index < -0.39 is 42.4 Å². The monoisotopic (exact) mass is 474 g/mol. The standard InChI is InChI=1S/C22H23F5N2O4/c1-3-21(23,24)32-13-16-10-18(33-17-7-5-15(6-8-17)22(25,26)27)12-29(16)19-9-4-14(11-28-19)20(30)31-2/h4-9,11,16,18H,3,10,12-13H2,1-2H3/t16-,18+/m0/s1. The maximum absolute atomic E-state index is 13.7. The van der Waals surface area contributed by atoms with Crippen molar-refractivity contribution in [2.75, 3.05) is 25.2 Å². The molecule has 0 amide bonds. The van der Waals surface area contributed by atoms with Crippen molar-refractivity contribution in [3.8, 4) is 5.75 Å². The van der Waals surface area contributed by atoms with Gasteiger partial charge in [-0.05, 0) is 36.4 Å². The van der Waals surface area contributed by atoms with Crippen LogP contribution in [0, 0.1) is 0 Å². The minimum absolute atomic E-state index is 0.224. The average Bonchev–Trinajstić information content (AvgIpc) is 3.19. The quantitative estimate of drug-likeness (QED) is 0.399. The van der Waals surface area contributed by atoms with Crippen LogP contribution in [0.5, 0.6) is 5.75 Å². The third-order valence-corrected chi connectivity index (χ3v) is 5.22. The van der Waals surface area contributed by atoms with Gasteiger partial charge in [-0.1, -0.05) is 6.92 Å². The molecule has 0 N–H and O–H groups in total. The third kappa shape index (κ3) is 6.31. The van der Waals surface area contributed by atoms with Crippen LogP contribution in [0.25, 0.3) is 0 Å². The number of hydrogen-bond donors (Lipinski definition) is 0. The SMILES string of the molecule is CCC(F)(F)OC[C@@H]1C[C@@H](Oc2ccc(C(F)(F)F)cc2)CN1c1ccc(C(=O)OC)cn1. The number of rotatable bonds is 8. The predicted octanol–water partition coefficient (Wildman–Crippen LogP) is 4.93. The number of ether oxygens (including phenoxy) is 3. The Morgan fingerprint density at radius 2 is 1.82 bits per heavy atom. The third-order valence-electron chi connectivity index (χ3n) is 5.22. The summed E-state index contributed by atoms with van der Waals surface area (Å²) in [5.74, 6) is 0.0680. The Labute approximate surface area is 187 Å². The van der Waals surface area contributed by atoms with Crippen molar-refractivity contribution in [3.05, 3.63) is 53.7 Å². The van der Waals surface area contributed by atoms with Gasteiger partial charge >= 0.3 is 18.3 Å². The van der Waals surface area contributed by atoms with Gasteiger partial charge in [0.1, 0.15) is 17.7 Å². The van der Waals surface area contributed by atoms with Gasteiger partial charge in [-0.15, -0.1) is 0 Å². The number of carbonyl (C=O) groups excluding carboxylic acids is 1. The lowest BCUT2D eigenvalue weighted by molar-refractivity contribution is -0.241. The number of pyridine rings is 1. The molecule has 0 bridgehead atoms. The summed E-state index contributed by atoms with van der Waals surface area (Å²) in [6, 6.07) is 6.78. The Kier molecular flexibility index (Phi) is 7.41. The van der Waals surface area contributed by atoms with Crippen LogP contribution in [0.2, 0.25) is 0 Å². The first-order valence-corrected chi connectivity index (χ1v) is 10.2. The van der Waals surface area contributed by atoms with E-state index in [2.05, 4.69) is 9.72 Å². The molecule has 2 atom stereocenters. The van der Waals surface area contributed by atoms with Crippen molar-refractivity contribution >= 4 is 11.8 Å². The number of benzene rings is 1. The number of alkyl halides is 5. The van der Waals surface area contributed by atoms with E-state index in [9.17, 15) is 26.7 Å². The molecule has 33 heavy (non-hydrogen) atoms. The van der Waals surface area contributed by atoms with E-state index in [1.54, 1.807) is 11.0 Å².